The summed E-state index contributed by atoms with van der Waals surface area (Å²) in [6.45, 7) is -0.327. The van der Waals surface area contributed by atoms with Gasteiger partial charge in [-0.25, -0.2) is 0 Å². The van der Waals surface area contributed by atoms with E-state index >= 15 is 0 Å². The van der Waals surface area contributed by atoms with Gasteiger partial charge in [0.25, 0.3) is 5.91 Å². The van der Waals surface area contributed by atoms with Crippen LogP contribution < -0.4 is 5.32 Å². The molecule has 0 radical (unpaired) electrons. The van der Waals surface area contributed by atoms with Crippen LogP contribution in [0, 0.1) is 23.8 Å². The van der Waals surface area contributed by atoms with Crippen LogP contribution in [0.1, 0.15) is 16.8 Å². The predicted molar refractivity (Wildman–Crippen MR) is 67.2 cm³/mol. The Morgan fingerprint density at radius 2 is 2.00 bits per heavy atom. The van der Waals surface area contributed by atoms with Crippen molar-refractivity contribution in [1.82, 2.24) is 5.32 Å². The van der Waals surface area contributed by atoms with Crippen molar-refractivity contribution >= 4 is 5.91 Å². The van der Waals surface area contributed by atoms with Gasteiger partial charge in [0.2, 0.25) is 0 Å². The molecule has 0 saturated heterocycles. The summed E-state index contributed by atoms with van der Waals surface area (Å²) in [5.41, 5.74) is 0.524. The Hall–Kier alpha value is -2.27. The number of carbonyl (C=O) groups is 1. The molecule has 0 aliphatic heterocycles. The number of rotatable bonds is 3. The summed E-state index contributed by atoms with van der Waals surface area (Å²) >= 11 is 0. The first-order valence-electron chi connectivity index (χ1n) is 5.36. The normalized spacial score (nSPS) is 10.3. The lowest BCUT2D eigenvalue weighted by Crippen LogP contribution is -2.17. The first kappa shape index (κ1) is 13.8. The molecule has 0 aromatic heterocycles. The fourth-order valence-electron chi connectivity index (χ4n) is 1.06. The van der Waals surface area contributed by atoms with E-state index in [1.165, 1.54) is 0 Å². The van der Waals surface area contributed by atoms with E-state index in [9.17, 15) is 4.79 Å². The van der Waals surface area contributed by atoms with E-state index < -0.39 is 6.10 Å². The van der Waals surface area contributed by atoms with Crippen molar-refractivity contribution < 1.29 is 15.0 Å². The molecule has 1 rings (SSSR count). The highest BCUT2D eigenvalue weighted by atomic mass is 16.3. The molecule has 1 aromatic rings. The zero-order chi connectivity index (χ0) is 13.2. The summed E-state index contributed by atoms with van der Waals surface area (Å²) in [6.07, 6.45) is -0.698. The molecule has 0 fully saturated rings. The zero-order valence-electron chi connectivity index (χ0n) is 9.68. The third kappa shape index (κ3) is 5.18. The first-order chi connectivity index (χ1) is 8.74. The molecule has 18 heavy (non-hydrogen) atoms. The van der Waals surface area contributed by atoms with Crippen LogP contribution in [-0.2, 0) is 0 Å². The van der Waals surface area contributed by atoms with Gasteiger partial charge in [0.1, 0.15) is 0 Å². The van der Waals surface area contributed by atoms with Gasteiger partial charge in [-0.3, -0.25) is 10.1 Å². The topological polar surface area (TPSA) is 69.6 Å². The molecule has 4 nitrogen and oxygen atoms in total. The summed E-state index contributed by atoms with van der Waals surface area (Å²) in [7, 11) is 0. The molecule has 0 bridgehead atoms. The van der Waals surface area contributed by atoms with Gasteiger partial charge in [0.15, 0.2) is 0 Å². The van der Waals surface area contributed by atoms with Gasteiger partial charge in [-0.05, 0) is 18.1 Å². The van der Waals surface area contributed by atoms with Gasteiger partial charge in [-0.15, -0.1) is 0 Å². The van der Waals surface area contributed by atoms with E-state index in [0.717, 1.165) is 0 Å². The SMILES string of the molecule is O=C(NC#CC#CCC(O)CO)c1ccccc1. The van der Waals surface area contributed by atoms with E-state index in [0.29, 0.717) is 5.56 Å². The quantitative estimate of drug-likeness (QED) is 0.522. The van der Waals surface area contributed by atoms with Crippen molar-refractivity contribution in [3.8, 4) is 23.8 Å². The fourth-order valence-corrected chi connectivity index (χ4v) is 1.06. The number of hydrogen-bond acceptors (Lipinski definition) is 3. The maximum atomic E-state index is 11.5. The Morgan fingerprint density at radius 1 is 1.28 bits per heavy atom. The third-order valence-electron chi connectivity index (χ3n) is 1.97. The van der Waals surface area contributed by atoms with Crippen LogP contribution in [0.2, 0.25) is 0 Å². The highest BCUT2D eigenvalue weighted by Crippen LogP contribution is 1.96. The van der Waals surface area contributed by atoms with Gasteiger partial charge in [-0.2, -0.15) is 0 Å². The van der Waals surface area contributed by atoms with Gasteiger partial charge >= 0.3 is 0 Å². The molecule has 0 spiro atoms. The molecule has 4 heteroatoms. The van der Waals surface area contributed by atoms with E-state index in [2.05, 4.69) is 29.1 Å². The molecule has 0 aliphatic rings. The van der Waals surface area contributed by atoms with Crippen molar-refractivity contribution in [3.63, 3.8) is 0 Å². The maximum Gasteiger partial charge on any atom is 0.262 e. The minimum Gasteiger partial charge on any atom is -0.394 e. The number of benzene rings is 1. The molecular formula is C14H13NO3. The molecule has 92 valence electrons. The Labute approximate surface area is 106 Å². The highest BCUT2D eigenvalue weighted by molar-refractivity contribution is 5.95. The maximum absolute atomic E-state index is 11.5. The third-order valence-corrected chi connectivity index (χ3v) is 1.97. The second kappa shape index (κ2) is 7.92. The fraction of sp³-hybridized carbons (Fsp3) is 0.214. The number of carbonyl (C=O) groups excluding carboxylic acids is 1. The minimum absolute atomic E-state index is 0.151. The van der Waals surface area contributed by atoms with Crippen molar-refractivity contribution in [2.75, 3.05) is 6.61 Å². The number of aliphatic hydroxyl groups is 2. The number of aliphatic hydroxyl groups excluding tert-OH is 2. The van der Waals surface area contributed by atoms with Crippen molar-refractivity contribution in [2.24, 2.45) is 0 Å². The lowest BCUT2D eigenvalue weighted by atomic mass is 10.2. The van der Waals surface area contributed by atoms with Gasteiger partial charge in [0.05, 0.1) is 12.7 Å². The van der Waals surface area contributed by atoms with Gasteiger partial charge in [-0.1, -0.05) is 24.1 Å². The molecule has 0 heterocycles. The monoisotopic (exact) mass is 243 g/mol. The van der Waals surface area contributed by atoms with Crippen molar-refractivity contribution in [2.45, 2.75) is 12.5 Å². The molecule has 1 aromatic carbocycles. The van der Waals surface area contributed by atoms with Gasteiger partial charge in [0, 0.05) is 23.9 Å². The Kier molecular flexibility index (Phi) is 6.07. The lowest BCUT2D eigenvalue weighted by molar-refractivity contribution is 0.0973. The molecule has 0 aliphatic carbocycles. The van der Waals surface area contributed by atoms with E-state index in [4.69, 9.17) is 10.2 Å². The van der Waals surface area contributed by atoms with Crippen LogP contribution in [0.5, 0.6) is 0 Å². The summed E-state index contributed by atoms with van der Waals surface area (Å²) in [6, 6.07) is 11.1. The molecule has 0 saturated carbocycles. The van der Waals surface area contributed by atoms with E-state index in [-0.39, 0.29) is 18.9 Å². The number of nitrogens with one attached hydrogen (secondary N) is 1. The number of hydrogen-bond donors (Lipinski definition) is 3. The van der Waals surface area contributed by atoms with E-state index in [1.54, 1.807) is 24.3 Å². The molecule has 1 amide bonds. The van der Waals surface area contributed by atoms with E-state index in [1.807, 2.05) is 6.07 Å². The van der Waals surface area contributed by atoms with Crippen LogP contribution in [0.15, 0.2) is 30.3 Å². The van der Waals surface area contributed by atoms with Crippen LogP contribution in [0.25, 0.3) is 0 Å². The zero-order valence-corrected chi connectivity index (χ0v) is 9.68. The molecule has 1 atom stereocenters. The second-order valence-corrected chi connectivity index (χ2v) is 3.41. The summed E-state index contributed by atoms with van der Waals surface area (Å²) in [5.74, 6) is 7.16. The number of amides is 1. The Bertz CT molecular complexity index is 503. The average molecular weight is 243 g/mol. The highest BCUT2D eigenvalue weighted by Gasteiger charge is 2.00. The van der Waals surface area contributed by atoms with Crippen LogP contribution in [0.3, 0.4) is 0 Å². The molecule has 1 unspecified atom stereocenters. The minimum atomic E-state index is -0.849. The predicted octanol–water partition coefficient (Wildman–Crippen LogP) is 0.124. The Morgan fingerprint density at radius 3 is 2.67 bits per heavy atom. The molecule has 3 N–H and O–H groups in total. The summed E-state index contributed by atoms with van der Waals surface area (Å²) in [4.78, 5) is 11.5. The standard InChI is InChI=1S/C14H13NO3/c16-11-13(17)9-5-2-6-10-15-14(18)12-7-3-1-4-8-12/h1,3-4,7-8,13,16-17H,9,11H2,(H,15,18). The van der Waals surface area contributed by atoms with Crippen LogP contribution in [-0.4, -0.2) is 28.8 Å². The lowest BCUT2D eigenvalue weighted by Gasteiger charge is -1.97. The summed E-state index contributed by atoms with van der Waals surface area (Å²) in [5, 5.41) is 19.9. The summed E-state index contributed by atoms with van der Waals surface area (Å²) < 4.78 is 0. The van der Waals surface area contributed by atoms with Crippen LogP contribution >= 0.6 is 0 Å². The van der Waals surface area contributed by atoms with Gasteiger partial charge < -0.3 is 10.2 Å². The smallest absolute Gasteiger partial charge is 0.262 e. The van der Waals surface area contributed by atoms with Crippen molar-refractivity contribution in [1.29, 1.82) is 0 Å². The Balaban J connectivity index is 2.40. The first-order valence-corrected chi connectivity index (χ1v) is 5.36. The largest absolute Gasteiger partial charge is 0.394 e. The second-order valence-electron chi connectivity index (χ2n) is 3.41. The molecular weight excluding hydrogens is 230 g/mol. The van der Waals surface area contributed by atoms with Crippen LogP contribution in [0.4, 0.5) is 0 Å². The van der Waals surface area contributed by atoms with Crippen molar-refractivity contribution in [3.05, 3.63) is 35.9 Å². The average Bonchev–Trinajstić information content (AvgIpc) is 2.43.